The van der Waals surface area contributed by atoms with Crippen molar-refractivity contribution in [3.63, 3.8) is 0 Å². The number of benzene rings is 2. The van der Waals surface area contributed by atoms with Crippen LogP contribution in [0.25, 0.3) is 10.8 Å². The first-order valence-electron chi connectivity index (χ1n) is 9.85. The molecule has 1 unspecified atom stereocenters. The van der Waals surface area contributed by atoms with Crippen LogP contribution < -0.4 is 14.4 Å². The second kappa shape index (κ2) is 7.75. The molecule has 7 heteroatoms. The van der Waals surface area contributed by atoms with E-state index in [1.807, 2.05) is 6.92 Å². The molecule has 1 heterocycles. The maximum atomic E-state index is 12.7. The number of esters is 2. The number of halogens is 1. The summed E-state index contributed by atoms with van der Waals surface area (Å²) in [5, 5.41) is 1.56. The van der Waals surface area contributed by atoms with Crippen molar-refractivity contribution in [2.24, 2.45) is 10.8 Å². The summed E-state index contributed by atoms with van der Waals surface area (Å²) in [5.41, 5.74) is -0.851. The zero-order valence-electron chi connectivity index (χ0n) is 18.3. The molecule has 0 spiro atoms. The maximum absolute atomic E-state index is 12.7. The third-order valence-electron chi connectivity index (χ3n) is 4.63. The van der Waals surface area contributed by atoms with Gasteiger partial charge in [0.2, 0.25) is 5.75 Å². The Balaban J connectivity index is 2.29. The molecule has 1 aliphatic rings. The van der Waals surface area contributed by atoms with Crippen molar-refractivity contribution in [1.82, 2.24) is 0 Å². The van der Waals surface area contributed by atoms with E-state index in [1.165, 1.54) is 0 Å². The Bertz CT molecular complexity index is 1010. The average molecular weight is 435 g/mol. The summed E-state index contributed by atoms with van der Waals surface area (Å²) in [6.07, 6.45) is 0.123. The summed E-state index contributed by atoms with van der Waals surface area (Å²) in [4.78, 5) is 36.2. The lowest BCUT2D eigenvalue weighted by atomic mass is 9.95. The van der Waals surface area contributed by atoms with E-state index in [1.54, 1.807) is 59.7 Å². The predicted octanol–water partition coefficient (Wildman–Crippen LogP) is 5.65. The Labute approximate surface area is 181 Å². The molecule has 0 saturated heterocycles. The van der Waals surface area contributed by atoms with E-state index >= 15 is 0 Å². The Morgan fingerprint density at radius 1 is 0.967 bits per heavy atom. The molecule has 0 saturated carbocycles. The highest BCUT2D eigenvalue weighted by atomic mass is 35.5. The quantitative estimate of drug-likeness (QED) is 0.345. The summed E-state index contributed by atoms with van der Waals surface area (Å²) >= 11 is 6.26. The van der Waals surface area contributed by atoms with Crippen LogP contribution in [0.2, 0.25) is 5.02 Å². The van der Waals surface area contributed by atoms with Gasteiger partial charge in [-0.3, -0.25) is 9.59 Å². The third kappa shape index (κ3) is 4.40. The van der Waals surface area contributed by atoms with Crippen molar-refractivity contribution < 1.29 is 28.8 Å². The summed E-state index contributed by atoms with van der Waals surface area (Å²) in [5.74, 6) is -0.0309. The van der Waals surface area contributed by atoms with Crippen molar-refractivity contribution in [1.29, 1.82) is 0 Å². The number of rotatable bonds is 2. The monoisotopic (exact) mass is 434 g/mol. The minimum atomic E-state index is -0.730. The predicted molar refractivity (Wildman–Crippen MR) is 114 cm³/mol. The number of carbonyl (C=O) groups excluding carboxylic acids is 2. The molecule has 6 nitrogen and oxygen atoms in total. The molecule has 0 radical (unpaired) electrons. The zero-order chi connectivity index (χ0) is 22.4. The van der Waals surface area contributed by atoms with Gasteiger partial charge in [-0.05, 0) is 66.7 Å². The fourth-order valence-corrected chi connectivity index (χ4v) is 3.03. The number of fused-ring (bicyclic) bond motifs is 2. The van der Waals surface area contributed by atoms with Crippen molar-refractivity contribution in [3.8, 4) is 17.2 Å². The lowest BCUT2D eigenvalue weighted by Gasteiger charge is -2.28. The molecule has 0 bridgehead atoms. The smallest absolute Gasteiger partial charge is 0.316 e. The third-order valence-corrected chi connectivity index (χ3v) is 4.86. The summed E-state index contributed by atoms with van der Waals surface area (Å²) in [6.45, 7) is 12.5. The molecule has 162 valence electrons. The first-order valence-corrected chi connectivity index (χ1v) is 10.2. The Kier molecular flexibility index (Phi) is 5.78. The SMILES string of the molecule is CC1Cc2c(c(OC(=O)C(C)(C)C)c3ccc(Cl)cc3c2OC(=O)C(C)(C)C)OO1. The largest absolute Gasteiger partial charge is 0.425 e. The van der Waals surface area contributed by atoms with Crippen LogP contribution in [0.15, 0.2) is 18.2 Å². The van der Waals surface area contributed by atoms with Gasteiger partial charge in [0, 0.05) is 27.8 Å². The van der Waals surface area contributed by atoms with Gasteiger partial charge in [-0.1, -0.05) is 11.6 Å². The molecule has 30 heavy (non-hydrogen) atoms. The van der Waals surface area contributed by atoms with E-state index in [0.29, 0.717) is 33.5 Å². The molecule has 1 atom stereocenters. The van der Waals surface area contributed by atoms with E-state index in [2.05, 4.69) is 0 Å². The highest BCUT2D eigenvalue weighted by molar-refractivity contribution is 6.31. The lowest BCUT2D eigenvalue weighted by Crippen LogP contribution is -2.29. The minimum absolute atomic E-state index is 0.221. The number of ether oxygens (including phenoxy) is 2. The lowest BCUT2D eigenvalue weighted by molar-refractivity contribution is -0.250. The van der Waals surface area contributed by atoms with Crippen molar-refractivity contribution in [3.05, 3.63) is 28.8 Å². The summed E-state index contributed by atoms with van der Waals surface area (Å²) in [7, 11) is 0. The molecule has 3 rings (SSSR count). The van der Waals surface area contributed by atoms with E-state index in [-0.39, 0.29) is 17.6 Å². The summed E-state index contributed by atoms with van der Waals surface area (Å²) in [6, 6.07) is 5.07. The molecule has 0 fully saturated rings. The normalized spacial score (nSPS) is 16.6. The van der Waals surface area contributed by atoms with Gasteiger partial charge in [-0.2, -0.15) is 4.89 Å². The zero-order valence-corrected chi connectivity index (χ0v) is 19.1. The molecule has 2 aromatic carbocycles. The van der Waals surface area contributed by atoms with Gasteiger partial charge >= 0.3 is 11.9 Å². The highest BCUT2D eigenvalue weighted by Crippen LogP contribution is 2.49. The maximum Gasteiger partial charge on any atom is 0.316 e. The van der Waals surface area contributed by atoms with Gasteiger partial charge in [0.1, 0.15) is 11.9 Å². The van der Waals surface area contributed by atoms with Crippen LogP contribution in [-0.2, 0) is 20.9 Å². The van der Waals surface area contributed by atoms with E-state index in [9.17, 15) is 9.59 Å². The molecule has 0 amide bonds. The topological polar surface area (TPSA) is 71.1 Å². The standard InChI is InChI=1S/C23H27ClO6/c1-12-10-16-17(27-20(25)22(2,3)4)15-11-13(24)8-9-14(15)18(19(16)30-29-12)28-21(26)23(5,6)7/h8-9,11-12H,10H2,1-7H3. The molecule has 2 aromatic rings. The van der Waals surface area contributed by atoms with Gasteiger partial charge in [0.25, 0.3) is 0 Å². The first-order chi connectivity index (χ1) is 13.8. The molecule has 1 aliphatic heterocycles. The van der Waals surface area contributed by atoms with Gasteiger partial charge in [-0.25, -0.2) is 0 Å². The van der Waals surface area contributed by atoms with Crippen LogP contribution in [-0.4, -0.2) is 18.0 Å². The van der Waals surface area contributed by atoms with Crippen molar-refractivity contribution >= 4 is 34.3 Å². The van der Waals surface area contributed by atoms with Gasteiger partial charge in [0.05, 0.1) is 10.8 Å². The fourth-order valence-electron chi connectivity index (χ4n) is 2.86. The number of hydrogen-bond donors (Lipinski definition) is 0. The van der Waals surface area contributed by atoms with Crippen LogP contribution >= 0.6 is 11.6 Å². The second-order valence-corrected chi connectivity index (χ2v) is 10.1. The van der Waals surface area contributed by atoms with E-state index in [4.69, 9.17) is 30.8 Å². The van der Waals surface area contributed by atoms with E-state index in [0.717, 1.165) is 0 Å². The van der Waals surface area contributed by atoms with Gasteiger partial charge in [0.15, 0.2) is 5.75 Å². The first kappa shape index (κ1) is 22.4. The van der Waals surface area contributed by atoms with Crippen LogP contribution in [0.4, 0.5) is 0 Å². The molecule has 0 aromatic heterocycles. The van der Waals surface area contributed by atoms with Crippen molar-refractivity contribution in [2.45, 2.75) is 61.0 Å². The molecular weight excluding hydrogens is 408 g/mol. The Hall–Kier alpha value is -2.31. The summed E-state index contributed by atoms with van der Waals surface area (Å²) < 4.78 is 11.6. The minimum Gasteiger partial charge on any atom is -0.425 e. The van der Waals surface area contributed by atoms with Gasteiger partial charge in [-0.15, -0.1) is 0 Å². The number of hydrogen-bond acceptors (Lipinski definition) is 6. The average Bonchev–Trinajstić information content (AvgIpc) is 2.62. The second-order valence-electron chi connectivity index (χ2n) is 9.63. The van der Waals surface area contributed by atoms with Gasteiger partial charge < -0.3 is 14.4 Å². The highest BCUT2D eigenvalue weighted by Gasteiger charge is 2.35. The molecule has 0 aliphatic carbocycles. The number of carbonyl (C=O) groups is 2. The van der Waals surface area contributed by atoms with E-state index < -0.39 is 22.8 Å². The van der Waals surface area contributed by atoms with Crippen LogP contribution in [0, 0.1) is 10.8 Å². The molecule has 0 N–H and O–H groups in total. The molecular formula is C23H27ClO6. The van der Waals surface area contributed by atoms with Crippen LogP contribution in [0.3, 0.4) is 0 Å². The van der Waals surface area contributed by atoms with Crippen molar-refractivity contribution in [2.75, 3.05) is 0 Å². The Morgan fingerprint density at radius 3 is 2.10 bits per heavy atom. The fraction of sp³-hybridized carbons (Fsp3) is 0.478. The van der Waals surface area contributed by atoms with Crippen LogP contribution in [0.1, 0.15) is 54.0 Å². The Morgan fingerprint density at radius 2 is 1.53 bits per heavy atom. The van der Waals surface area contributed by atoms with Crippen LogP contribution in [0.5, 0.6) is 17.2 Å².